The van der Waals surface area contributed by atoms with Crippen molar-refractivity contribution in [1.82, 2.24) is 16.0 Å². The van der Waals surface area contributed by atoms with E-state index in [-0.39, 0.29) is 36.0 Å². The smallest absolute Gasteiger partial charge is 0.319 e. The lowest BCUT2D eigenvalue weighted by Crippen LogP contribution is -2.38. The van der Waals surface area contributed by atoms with Gasteiger partial charge in [0.2, 0.25) is 0 Å². The number of hydrogen-bond donors (Lipinski definition) is 4. The number of carbonyl (C=O) groups excluding carboxylic acids is 1. The predicted molar refractivity (Wildman–Crippen MR) is 109 cm³/mol. The number of halogens is 1. The summed E-state index contributed by atoms with van der Waals surface area (Å²) >= 11 is 0. The monoisotopic (exact) mass is 449 g/mol. The van der Waals surface area contributed by atoms with E-state index in [0.717, 1.165) is 17.2 Å². The van der Waals surface area contributed by atoms with Crippen molar-refractivity contribution in [3.05, 3.63) is 29.8 Å². The molecule has 0 aliphatic carbocycles. The Morgan fingerprint density at radius 2 is 1.88 bits per heavy atom. The zero-order valence-electron chi connectivity index (χ0n) is 14.7. The highest BCUT2D eigenvalue weighted by atomic mass is 127. The molecule has 24 heavy (non-hydrogen) atoms. The van der Waals surface area contributed by atoms with Crippen LogP contribution in [0.3, 0.4) is 0 Å². The number of hydrogen-bond acceptors (Lipinski definition) is 3. The molecule has 0 atom stereocenters. The number of nitrogens with one attached hydrogen (secondary N) is 4. The van der Waals surface area contributed by atoms with E-state index in [1.165, 1.54) is 0 Å². The minimum absolute atomic E-state index is 0. The molecule has 0 heterocycles. The minimum Gasteiger partial charge on any atom is -0.383 e. The molecule has 4 N–H and O–H groups in total. The fourth-order valence-electron chi connectivity index (χ4n) is 1.81. The molecule has 0 aliphatic rings. The number of nitrogens with zero attached hydrogens (tertiary/aromatic N) is 1. The van der Waals surface area contributed by atoms with Gasteiger partial charge in [0.05, 0.1) is 6.61 Å². The van der Waals surface area contributed by atoms with Gasteiger partial charge in [-0.1, -0.05) is 12.1 Å². The number of benzene rings is 1. The Morgan fingerprint density at radius 3 is 2.42 bits per heavy atom. The summed E-state index contributed by atoms with van der Waals surface area (Å²) in [7, 11) is 3.39. The lowest BCUT2D eigenvalue weighted by molar-refractivity contribution is 0.203. The van der Waals surface area contributed by atoms with Crippen molar-refractivity contribution in [3.8, 4) is 0 Å². The molecular formula is C16H28IN5O2. The minimum atomic E-state index is -0.200. The van der Waals surface area contributed by atoms with Crippen LogP contribution in [0.4, 0.5) is 10.5 Å². The van der Waals surface area contributed by atoms with E-state index < -0.39 is 0 Å². The topological polar surface area (TPSA) is 86.8 Å². The number of carbonyl (C=O) groups is 1. The standard InChI is InChI=1S/C16H27N5O2.HI/c1-12(2)20-16(22)21-14-7-5-13(6-8-14)11-19-15(17-3)18-9-10-23-4;/h5-8,12H,9-11H2,1-4H3,(H2,17,18,19)(H2,20,21,22);1H. The second-order valence-electron chi connectivity index (χ2n) is 5.30. The third-order valence-electron chi connectivity index (χ3n) is 2.91. The molecule has 7 nitrogen and oxygen atoms in total. The summed E-state index contributed by atoms with van der Waals surface area (Å²) in [6.07, 6.45) is 0. The molecule has 2 amide bonds. The molecule has 0 spiro atoms. The van der Waals surface area contributed by atoms with E-state index in [0.29, 0.717) is 19.7 Å². The lowest BCUT2D eigenvalue weighted by atomic mass is 10.2. The first-order valence-corrected chi connectivity index (χ1v) is 7.65. The van der Waals surface area contributed by atoms with Gasteiger partial charge in [0.25, 0.3) is 0 Å². The van der Waals surface area contributed by atoms with Crippen LogP contribution in [-0.2, 0) is 11.3 Å². The first kappa shape index (κ1) is 22.4. The molecule has 8 heteroatoms. The van der Waals surface area contributed by atoms with Gasteiger partial charge in [0, 0.05) is 39.0 Å². The first-order chi connectivity index (χ1) is 11.0. The number of methoxy groups -OCH3 is 1. The highest BCUT2D eigenvalue weighted by Crippen LogP contribution is 2.09. The second kappa shape index (κ2) is 12.8. The molecule has 0 saturated carbocycles. The van der Waals surface area contributed by atoms with E-state index >= 15 is 0 Å². The molecule has 1 rings (SSSR count). The maximum atomic E-state index is 11.6. The zero-order chi connectivity index (χ0) is 17.1. The van der Waals surface area contributed by atoms with Crippen LogP contribution in [0.15, 0.2) is 29.3 Å². The third-order valence-corrected chi connectivity index (χ3v) is 2.91. The van der Waals surface area contributed by atoms with Gasteiger partial charge in [0.15, 0.2) is 5.96 Å². The molecule has 0 aliphatic heterocycles. The Morgan fingerprint density at radius 1 is 1.21 bits per heavy atom. The molecule has 0 radical (unpaired) electrons. The molecular weight excluding hydrogens is 421 g/mol. The number of guanidine groups is 1. The van der Waals surface area contributed by atoms with E-state index in [1.807, 2.05) is 38.1 Å². The Hall–Kier alpha value is -1.55. The van der Waals surface area contributed by atoms with E-state index in [4.69, 9.17) is 4.74 Å². The summed E-state index contributed by atoms with van der Waals surface area (Å²) in [5.74, 6) is 0.723. The van der Waals surface area contributed by atoms with Crippen LogP contribution in [0.5, 0.6) is 0 Å². The van der Waals surface area contributed by atoms with Crippen molar-refractivity contribution in [3.63, 3.8) is 0 Å². The van der Waals surface area contributed by atoms with Gasteiger partial charge in [-0.05, 0) is 31.5 Å². The van der Waals surface area contributed by atoms with Crippen LogP contribution in [0.2, 0.25) is 0 Å². The number of anilines is 1. The van der Waals surface area contributed by atoms with Gasteiger partial charge in [-0.25, -0.2) is 4.79 Å². The summed E-state index contributed by atoms with van der Waals surface area (Å²) in [6, 6.07) is 7.57. The van der Waals surface area contributed by atoms with Crippen molar-refractivity contribution in [2.24, 2.45) is 4.99 Å². The van der Waals surface area contributed by atoms with Crippen LogP contribution < -0.4 is 21.3 Å². The summed E-state index contributed by atoms with van der Waals surface area (Å²) in [4.78, 5) is 15.8. The number of aliphatic imine (C=N–C) groups is 1. The molecule has 0 fully saturated rings. The highest BCUT2D eigenvalue weighted by Gasteiger charge is 2.03. The average molecular weight is 449 g/mol. The van der Waals surface area contributed by atoms with Crippen LogP contribution in [-0.4, -0.2) is 45.3 Å². The molecule has 1 aromatic carbocycles. The van der Waals surface area contributed by atoms with Crippen LogP contribution in [0, 0.1) is 0 Å². The molecule has 136 valence electrons. The number of urea groups is 1. The van der Waals surface area contributed by atoms with Crippen LogP contribution >= 0.6 is 24.0 Å². The van der Waals surface area contributed by atoms with E-state index in [1.54, 1.807) is 14.2 Å². The number of rotatable bonds is 7. The molecule has 0 aromatic heterocycles. The molecule has 0 bridgehead atoms. The van der Waals surface area contributed by atoms with Gasteiger partial charge in [0.1, 0.15) is 0 Å². The molecule has 0 unspecified atom stereocenters. The molecule has 0 saturated heterocycles. The van der Waals surface area contributed by atoms with Gasteiger partial charge >= 0.3 is 6.03 Å². The van der Waals surface area contributed by atoms with Gasteiger partial charge < -0.3 is 26.0 Å². The normalized spacial score (nSPS) is 10.8. The fraction of sp³-hybridized carbons (Fsp3) is 0.500. The summed E-state index contributed by atoms with van der Waals surface area (Å²) in [5, 5.41) is 11.9. The van der Waals surface area contributed by atoms with Crippen molar-refractivity contribution < 1.29 is 9.53 Å². The van der Waals surface area contributed by atoms with Gasteiger partial charge in [-0.15, -0.1) is 24.0 Å². The Labute approximate surface area is 161 Å². The largest absolute Gasteiger partial charge is 0.383 e. The highest BCUT2D eigenvalue weighted by molar-refractivity contribution is 14.0. The van der Waals surface area contributed by atoms with E-state index in [2.05, 4.69) is 26.3 Å². The fourth-order valence-corrected chi connectivity index (χ4v) is 1.81. The summed E-state index contributed by atoms with van der Waals surface area (Å²) in [6.45, 7) is 5.80. The van der Waals surface area contributed by atoms with Crippen molar-refractivity contribution in [1.29, 1.82) is 0 Å². The Balaban J connectivity index is 0.00000529. The van der Waals surface area contributed by atoms with Crippen LogP contribution in [0.25, 0.3) is 0 Å². The van der Waals surface area contributed by atoms with E-state index in [9.17, 15) is 4.79 Å². The summed E-state index contributed by atoms with van der Waals surface area (Å²) < 4.78 is 4.98. The Kier molecular flexibility index (Phi) is 12.0. The number of ether oxygens (including phenoxy) is 1. The molecule has 1 aromatic rings. The van der Waals surface area contributed by atoms with Crippen molar-refractivity contribution in [2.75, 3.05) is 32.6 Å². The maximum absolute atomic E-state index is 11.6. The quantitative estimate of drug-likeness (QED) is 0.223. The van der Waals surface area contributed by atoms with Crippen molar-refractivity contribution in [2.45, 2.75) is 26.4 Å². The van der Waals surface area contributed by atoms with Crippen molar-refractivity contribution >= 4 is 41.7 Å². The SMILES string of the molecule is CN=C(NCCOC)NCc1ccc(NC(=O)NC(C)C)cc1.I. The predicted octanol–water partition coefficient (Wildman–Crippen LogP) is 2.15. The van der Waals surface area contributed by atoms with Crippen LogP contribution in [0.1, 0.15) is 19.4 Å². The van der Waals surface area contributed by atoms with Gasteiger partial charge in [-0.3, -0.25) is 4.99 Å². The Bertz CT molecular complexity index is 506. The maximum Gasteiger partial charge on any atom is 0.319 e. The average Bonchev–Trinajstić information content (AvgIpc) is 2.51. The summed E-state index contributed by atoms with van der Waals surface area (Å²) in [5.41, 5.74) is 1.85. The third kappa shape index (κ3) is 9.56. The number of amides is 2. The zero-order valence-corrected chi connectivity index (χ0v) is 17.0. The first-order valence-electron chi connectivity index (χ1n) is 7.65. The van der Waals surface area contributed by atoms with Gasteiger partial charge in [-0.2, -0.15) is 0 Å². The lowest BCUT2D eigenvalue weighted by Gasteiger charge is -2.12. The second-order valence-corrected chi connectivity index (χ2v) is 5.30.